The van der Waals surface area contributed by atoms with Crippen LogP contribution in [0.1, 0.15) is 22.3 Å². The fourth-order valence-corrected chi connectivity index (χ4v) is 3.12. The lowest BCUT2D eigenvalue weighted by Crippen LogP contribution is -2.31. The SMILES string of the molecule is O=C(c1ccc(Cn2ccnc2)cc1)N1CCC(Oc2ccccn2)C1. The normalized spacial score (nSPS) is 16.6. The summed E-state index contributed by atoms with van der Waals surface area (Å²) in [6, 6.07) is 13.3. The van der Waals surface area contributed by atoms with Gasteiger partial charge in [-0.2, -0.15) is 0 Å². The van der Waals surface area contributed by atoms with Gasteiger partial charge < -0.3 is 14.2 Å². The molecule has 1 unspecified atom stereocenters. The van der Waals surface area contributed by atoms with Crippen molar-refractivity contribution in [1.82, 2.24) is 19.4 Å². The van der Waals surface area contributed by atoms with Crippen molar-refractivity contribution in [3.05, 3.63) is 78.5 Å². The fourth-order valence-electron chi connectivity index (χ4n) is 3.12. The number of hydrogen-bond acceptors (Lipinski definition) is 4. The van der Waals surface area contributed by atoms with E-state index in [2.05, 4.69) is 9.97 Å². The van der Waals surface area contributed by atoms with Crippen LogP contribution in [0, 0.1) is 0 Å². The molecule has 1 amide bonds. The number of nitrogens with zero attached hydrogens (tertiary/aromatic N) is 4. The van der Waals surface area contributed by atoms with E-state index in [-0.39, 0.29) is 12.0 Å². The van der Waals surface area contributed by atoms with E-state index in [0.29, 0.717) is 24.5 Å². The van der Waals surface area contributed by atoms with Crippen LogP contribution in [0.15, 0.2) is 67.4 Å². The van der Waals surface area contributed by atoms with Gasteiger partial charge in [0.05, 0.1) is 12.9 Å². The molecule has 0 N–H and O–H groups in total. The van der Waals surface area contributed by atoms with Crippen molar-refractivity contribution in [3.8, 4) is 5.88 Å². The molecule has 2 aromatic heterocycles. The van der Waals surface area contributed by atoms with Crippen LogP contribution >= 0.6 is 0 Å². The smallest absolute Gasteiger partial charge is 0.253 e. The van der Waals surface area contributed by atoms with E-state index < -0.39 is 0 Å². The number of hydrogen-bond donors (Lipinski definition) is 0. The quantitative estimate of drug-likeness (QED) is 0.711. The number of amides is 1. The zero-order valence-corrected chi connectivity index (χ0v) is 14.4. The highest BCUT2D eigenvalue weighted by atomic mass is 16.5. The lowest BCUT2D eigenvalue weighted by molar-refractivity contribution is 0.0771. The summed E-state index contributed by atoms with van der Waals surface area (Å²) in [4.78, 5) is 22.8. The predicted molar refractivity (Wildman–Crippen MR) is 96.9 cm³/mol. The summed E-state index contributed by atoms with van der Waals surface area (Å²) in [7, 11) is 0. The molecule has 6 heteroatoms. The van der Waals surface area contributed by atoms with Gasteiger partial charge in [-0.25, -0.2) is 9.97 Å². The minimum Gasteiger partial charge on any atom is -0.472 e. The average molecular weight is 348 g/mol. The van der Waals surface area contributed by atoms with Crippen molar-refractivity contribution < 1.29 is 9.53 Å². The van der Waals surface area contributed by atoms with E-state index >= 15 is 0 Å². The van der Waals surface area contributed by atoms with Crippen LogP contribution in [-0.2, 0) is 6.54 Å². The number of aromatic nitrogens is 3. The molecule has 3 heterocycles. The molecule has 1 aliphatic rings. The highest BCUT2D eigenvalue weighted by Gasteiger charge is 2.28. The van der Waals surface area contributed by atoms with Crippen LogP contribution in [-0.4, -0.2) is 44.5 Å². The number of rotatable bonds is 5. The number of ether oxygens (including phenoxy) is 1. The van der Waals surface area contributed by atoms with E-state index in [1.165, 1.54) is 0 Å². The van der Waals surface area contributed by atoms with Crippen LogP contribution in [0.3, 0.4) is 0 Å². The Morgan fingerprint density at radius 1 is 1.15 bits per heavy atom. The summed E-state index contributed by atoms with van der Waals surface area (Å²) < 4.78 is 7.85. The monoisotopic (exact) mass is 348 g/mol. The van der Waals surface area contributed by atoms with Crippen LogP contribution in [0.5, 0.6) is 5.88 Å². The number of likely N-dealkylation sites (tertiary alicyclic amines) is 1. The Kier molecular flexibility index (Phi) is 4.64. The van der Waals surface area contributed by atoms with Crippen molar-refractivity contribution >= 4 is 5.91 Å². The lowest BCUT2D eigenvalue weighted by Gasteiger charge is -2.17. The first-order chi connectivity index (χ1) is 12.8. The second kappa shape index (κ2) is 7.39. The van der Waals surface area contributed by atoms with Gasteiger partial charge in [0.25, 0.3) is 5.91 Å². The summed E-state index contributed by atoms with van der Waals surface area (Å²) in [5.74, 6) is 0.655. The molecule has 1 atom stereocenters. The van der Waals surface area contributed by atoms with Crippen molar-refractivity contribution in [2.24, 2.45) is 0 Å². The molecule has 26 heavy (non-hydrogen) atoms. The van der Waals surface area contributed by atoms with Crippen molar-refractivity contribution in [3.63, 3.8) is 0 Å². The van der Waals surface area contributed by atoms with Gasteiger partial charge in [0, 0.05) is 49.7 Å². The maximum absolute atomic E-state index is 12.7. The van der Waals surface area contributed by atoms with E-state index in [9.17, 15) is 4.79 Å². The predicted octanol–water partition coefficient (Wildman–Crippen LogP) is 2.62. The maximum atomic E-state index is 12.7. The van der Waals surface area contributed by atoms with Crippen LogP contribution in [0.25, 0.3) is 0 Å². The van der Waals surface area contributed by atoms with Crippen LogP contribution < -0.4 is 4.74 Å². The number of pyridine rings is 1. The molecule has 132 valence electrons. The number of carbonyl (C=O) groups is 1. The first kappa shape index (κ1) is 16.3. The van der Waals surface area contributed by atoms with Crippen molar-refractivity contribution in [2.75, 3.05) is 13.1 Å². The van der Waals surface area contributed by atoms with Crippen molar-refractivity contribution in [2.45, 2.75) is 19.1 Å². The minimum absolute atomic E-state index is 0.00522. The van der Waals surface area contributed by atoms with Gasteiger partial charge >= 0.3 is 0 Å². The summed E-state index contributed by atoms with van der Waals surface area (Å²) in [5, 5.41) is 0. The van der Waals surface area contributed by atoms with Gasteiger partial charge in [0.2, 0.25) is 5.88 Å². The molecule has 0 saturated carbocycles. The Bertz CT molecular complexity index is 847. The van der Waals surface area contributed by atoms with Crippen LogP contribution in [0.2, 0.25) is 0 Å². The Balaban J connectivity index is 1.35. The third-order valence-electron chi connectivity index (χ3n) is 4.48. The number of benzene rings is 1. The highest BCUT2D eigenvalue weighted by Crippen LogP contribution is 2.18. The number of carbonyl (C=O) groups excluding carboxylic acids is 1. The van der Waals surface area contributed by atoms with Gasteiger partial charge in [0.15, 0.2) is 0 Å². The first-order valence-electron chi connectivity index (χ1n) is 8.69. The zero-order valence-electron chi connectivity index (χ0n) is 14.4. The molecular formula is C20H20N4O2. The van der Waals surface area contributed by atoms with E-state index in [1.807, 2.05) is 58.1 Å². The Labute approximate surface area is 152 Å². The van der Waals surface area contributed by atoms with Gasteiger partial charge in [-0.3, -0.25) is 4.79 Å². The van der Waals surface area contributed by atoms with Gasteiger partial charge in [-0.05, 0) is 23.8 Å². The molecule has 6 nitrogen and oxygen atoms in total. The maximum Gasteiger partial charge on any atom is 0.253 e. The molecule has 1 aromatic carbocycles. The third-order valence-corrected chi connectivity index (χ3v) is 4.48. The molecule has 3 aromatic rings. The molecular weight excluding hydrogens is 328 g/mol. The molecule has 0 aliphatic carbocycles. The minimum atomic E-state index is -0.00522. The topological polar surface area (TPSA) is 60.2 Å². The molecule has 1 aliphatic heterocycles. The molecule has 4 rings (SSSR count). The summed E-state index contributed by atoms with van der Waals surface area (Å²) in [6.07, 6.45) is 7.99. The first-order valence-corrected chi connectivity index (χ1v) is 8.69. The highest BCUT2D eigenvalue weighted by molar-refractivity contribution is 5.94. The Morgan fingerprint density at radius 3 is 2.77 bits per heavy atom. The fraction of sp³-hybridized carbons (Fsp3) is 0.250. The molecule has 1 fully saturated rings. The van der Waals surface area contributed by atoms with Gasteiger partial charge in [-0.1, -0.05) is 18.2 Å². The lowest BCUT2D eigenvalue weighted by atomic mass is 10.1. The summed E-state index contributed by atoms with van der Waals surface area (Å²) >= 11 is 0. The van der Waals surface area contributed by atoms with E-state index in [1.54, 1.807) is 18.7 Å². The Hall–Kier alpha value is -3.15. The van der Waals surface area contributed by atoms with Gasteiger partial charge in [-0.15, -0.1) is 0 Å². The van der Waals surface area contributed by atoms with Gasteiger partial charge in [0.1, 0.15) is 6.10 Å². The Morgan fingerprint density at radius 2 is 2.04 bits per heavy atom. The third kappa shape index (κ3) is 3.74. The number of imidazole rings is 1. The second-order valence-electron chi connectivity index (χ2n) is 6.38. The van der Waals surface area contributed by atoms with E-state index in [0.717, 1.165) is 18.5 Å². The van der Waals surface area contributed by atoms with Crippen molar-refractivity contribution in [1.29, 1.82) is 0 Å². The standard InChI is InChI=1S/C20H20N4O2/c25-20(17-6-4-16(5-7-17)13-23-12-10-21-15-23)24-11-8-18(14-24)26-19-3-1-2-9-22-19/h1-7,9-10,12,15,18H,8,11,13-14H2. The summed E-state index contributed by atoms with van der Waals surface area (Å²) in [6.45, 7) is 2.04. The summed E-state index contributed by atoms with van der Waals surface area (Å²) in [5.41, 5.74) is 1.84. The molecule has 0 radical (unpaired) electrons. The largest absolute Gasteiger partial charge is 0.472 e. The zero-order chi connectivity index (χ0) is 17.8. The molecule has 0 spiro atoms. The molecule has 0 bridgehead atoms. The van der Waals surface area contributed by atoms with E-state index in [4.69, 9.17) is 4.74 Å². The van der Waals surface area contributed by atoms with Crippen LogP contribution in [0.4, 0.5) is 0 Å². The average Bonchev–Trinajstić information content (AvgIpc) is 3.35. The second-order valence-corrected chi connectivity index (χ2v) is 6.38. The molecule has 1 saturated heterocycles.